The molecule has 0 saturated carbocycles. The van der Waals surface area contributed by atoms with Gasteiger partial charge in [0.1, 0.15) is 17.8 Å². The lowest BCUT2D eigenvalue weighted by molar-refractivity contribution is -0.145. The van der Waals surface area contributed by atoms with Gasteiger partial charge in [0.25, 0.3) is 0 Å². The van der Waals surface area contributed by atoms with Gasteiger partial charge in [-0.1, -0.05) is 13.8 Å². The second-order valence-electron chi connectivity index (χ2n) is 6.21. The molecular weight excluding hydrogens is 310 g/mol. The molecule has 3 aromatic rings. The van der Waals surface area contributed by atoms with Crippen molar-refractivity contribution in [2.24, 2.45) is 5.92 Å². The number of aryl methyl sites for hydroxylation is 1. The highest BCUT2D eigenvalue weighted by Crippen LogP contribution is 2.26. The van der Waals surface area contributed by atoms with E-state index in [2.05, 4.69) is 10.1 Å². The molecule has 0 radical (unpaired) electrons. The molecule has 2 heterocycles. The number of carbonyl (C=O) groups is 2. The first kappa shape index (κ1) is 16.2. The summed E-state index contributed by atoms with van der Waals surface area (Å²) in [6, 6.07) is 3.51. The largest absolute Gasteiger partial charge is 0.464 e. The molecule has 0 saturated heterocycles. The maximum atomic E-state index is 12.0. The van der Waals surface area contributed by atoms with E-state index in [1.807, 2.05) is 13.8 Å². The van der Waals surface area contributed by atoms with Crippen LogP contribution in [0.2, 0.25) is 0 Å². The Morgan fingerprint density at radius 1 is 1.33 bits per heavy atom. The molecule has 2 aromatic heterocycles. The lowest BCUT2D eigenvalue weighted by Gasteiger charge is -2.07. The topological polar surface area (TPSA) is 87.2 Å². The Bertz CT molecular complexity index is 936. The van der Waals surface area contributed by atoms with Crippen molar-refractivity contribution in [2.75, 3.05) is 6.61 Å². The first-order valence-electron chi connectivity index (χ1n) is 7.79. The quantitative estimate of drug-likeness (QED) is 0.528. The summed E-state index contributed by atoms with van der Waals surface area (Å²) in [5.41, 5.74) is 2.20. The van der Waals surface area contributed by atoms with Crippen molar-refractivity contribution in [3.05, 3.63) is 23.7 Å². The summed E-state index contributed by atoms with van der Waals surface area (Å²) in [7, 11) is 0. The summed E-state index contributed by atoms with van der Waals surface area (Å²) in [6.07, 6.45) is 0. The van der Waals surface area contributed by atoms with Crippen LogP contribution in [-0.2, 0) is 16.1 Å². The van der Waals surface area contributed by atoms with E-state index in [9.17, 15) is 9.59 Å². The van der Waals surface area contributed by atoms with Gasteiger partial charge < -0.3 is 9.15 Å². The van der Waals surface area contributed by atoms with Gasteiger partial charge in [0.05, 0.1) is 12.1 Å². The van der Waals surface area contributed by atoms with Gasteiger partial charge in [-0.15, -0.1) is 0 Å². The zero-order valence-corrected chi connectivity index (χ0v) is 14.1. The number of nitrogens with zero attached hydrogens (tertiary/aromatic N) is 3. The van der Waals surface area contributed by atoms with Crippen LogP contribution in [0.5, 0.6) is 0 Å². The van der Waals surface area contributed by atoms with Crippen molar-refractivity contribution >= 4 is 33.8 Å². The number of hydrogen-bond donors (Lipinski definition) is 0. The lowest BCUT2D eigenvalue weighted by atomic mass is 10.1. The Balaban J connectivity index is 2.04. The summed E-state index contributed by atoms with van der Waals surface area (Å²) in [6.45, 7) is 7.43. The molecule has 7 nitrogen and oxygen atoms in total. The van der Waals surface area contributed by atoms with Crippen LogP contribution in [0.4, 0.5) is 0 Å². The summed E-state index contributed by atoms with van der Waals surface area (Å²) in [4.78, 5) is 28.2. The van der Waals surface area contributed by atoms with Crippen molar-refractivity contribution in [3.63, 3.8) is 0 Å². The summed E-state index contributed by atoms with van der Waals surface area (Å²) in [5, 5.41) is 4.92. The van der Waals surface area contributed by atoms with Gasteiger partial charge in [-0.25, -0.2) is 4.98 Å². The maximum Gasteiger partial charge on any atom is 0.327 e. The monoisotopic (exact) mass is 329 g/mol. The van der Waals surface area contributed by atoms with Gasteiger partial charge in [-0.2, -0.15) is 5.10 Å². The summed E-state index contributed by atoms with van der Waals surface area (Å²) >= 11 is 0. The van der Waals surface area contributed by atoms with Crippen LogP contribution >= 0.6 is 0 Å². The van der Waals surface area contributed by atoms with Gasteiger partial charge in [-0.3, -0.25) is 14.3 Å². The minimum Gasteiger partial charge on any atom is -0.464 e. The average Bonchev–Trinajstić information content (AvgIpc) is 3.02. The first-order valence-corrected chi connectivity index (χ1v) is 7.79. The van der Waals surface area contributed by atoms with Crippen molar-refractivity contribution < 1.29 is 18.7 Å². The normalized spacial score (nSPS) is 11.5. The maximum absolute atomic E-state index is 12.0. The molecule has 0 atom stereocenters. The number of benzene rings is 1. The van der Waals surface area contributed by atoms with Crippen molar-refractivity contribution in [2.45, 2.75) is 34.2 Å². The van der Waals surface area contributed by atoms with E-state index in [0.717, 1.165) is 0 Å². The van der Waals surface area contributed by atoms with E-state index in [1.165, 1.54) is 11.6 Å². The van der Waals surface area contributed by atoms with Gasteiger partial charge >= 0.3 is 5.97 Å². The second kappa shape index (κ2) is 6.07. The van der Waals surface area contributed by atoms with E-state index in [0.29, 0.717) is 40.2 Å². The van der Waals surface area contributed by atoms with Crippen LogP contribution in [0.3, 0.4) is 0 Å². The predicted octanol–water partition coefficient (Wildman–Crippen LogP) is 2.89. The SMILES string of the molecule is CC(=O)c1nn(CC(=O)OCC(C)C)c2cc3nc(C)oc3cc12. The molecule has 0 fully saturated rings. The molecule has 0 amide bonds. The number of hydrogen-bond acceptors (Lipinski definition) is 6. The molecule has 1 aromatic carbocycles. The standard InChI is InChI=1S/C17H19N3O4/c1-9(2)8-23-16(22)7-20-14-6-13-15(24-11(4)18-13)5-12(14)17(19-20)10(3)21/h5-6,9H,7-8H2,1-4H3. The van der Waals surface area contributed by atoms with Gasteiger partial charge in [0.15, 0.2) is 17.3 Å². The molecule has 3 rings (SSSR count). The zero-order chi connectivity index (χ0) is 17.4. The van der Waals surface area contributed by atoms with Gasteiger partial charge in [0.2, 0.25) is 0 Å². The highest BCUT2D eigenvalue weighted by atomic mass is 16.5. The van der Waals surface area contributed by atoms with E-state index in [1.54, 1.807) is 19.1 Å². The average molecular weight is 329 g/mol. The number of ketones is 1. The minimum atomic E-state index is -0.389. The number of carbonyl (C=O) groups excluding carboxylic acids is 2. The van der Waals surface area contributed by atoms with Crippen molar-refractivity contribution in [3.8, 4) is 0 Å². The fraction of sp³-hybridized carbons (Fsp3) is 0.412. The predicted molar refractivity (Wildman–Crippen MR) is 87.8 cm³/mol. The van der Waals surface area contributed by atoms with E-state index in [4.69, 9.17) is 9.15 Å². The smallest absolute Gasteiger partial charge is 0.327 e. The molecule has 0 unspecified atom stereocenters. The third-order valence-electron chi connectivity index (χ3n) is 3.56. The minimum absolute atomic E-state index is 0.0567. The zero-order valence-electron chi connectivity index (χ0n) is 14.1. The molecule has 0 bridgehead atoms. The van der Waals surface area contributed by atoms with Crippen LogP contribution < -0.4 is 0 Å². The molecule has 7 heteroatoms. The summed E-state index contributed by atoms with van der Waals surface area (Å²) < 4.78 is 12.2. The Morgan fingerprint density at radius 2 is 2.08 bits per heavy atom. The van der Waals surface area contributed by atoms with Crippen molar-refractivity contribution in [1.82, 2.24) is 14.8 Å². The van der Waals surface area contributed by atoms with E-state index >= 15 is 0 Å². The Morgan fingerprint density at radius 3 is 2.75 bits per heavy atom. The lowest BCUT2D eigenvalue weighted by Crippen LogP contribution is -2.17. The van der Waals surface area contributed by atoms with Crippen molar-refractivity contribution in [1.29, 1.82) is 0 Å². The molecule has 126 valence electrons. The van der Waals surface area contributed by atoms with Crippen LogP contribution in [-0.4, -0.2) is 33.1 Å². The van der Waals surface area contributed by atoms with Gasteiger partial charge in [0, 0.05) is 19.2 Å². The fourth-order valence-electron chi connectivity index (χ4n) is 2.52. The fourth-order valence-corrected chi connectivity index (χ4v) is 2.52. The molecule has 0 aliphatic rings. The molecule has 0 aliphatic carbocycles. The Kier molecular flexibility index (Phi) is 4.09. The highest BCUT2D eigenvalue weighted by Gasteiger charge is 2.19. The Labute approximate surface area is 138 Å². The molecular formula is C17H19N3O4. The molecule has 24 heavy (non-hydrogen) atoms. The Hall–Kier alpha value is -2.70. The third-order valence-corrected chi connectivity index (χ3v) is 3.56. The van der Waals surface area contributed by atoms with Crippen LogP contribution in [0.1, 0.15) is 37.2 Å². The van der Waals surface area contributed by atoms with Gasteiger partial charge in [-0.05, 0) is 18.1 Å². The third kappa shape index (κ3) is 3.02. The number of esters is 1. The number of Topliss-reactive ketones (excluding diaryl/α,β-unsaturated/α-hetero) is 1. The highest BCUT2D eigenvalue weighted by molar-refractivity contribution is 6.07. The number of ether oxygens (including phenoxy) is 1. The summed E-state index contributed by atoms with van der Waals surface area (Å²) in [5.74, 6) is 0.233. The van der Waals surface area contributed by atoms with E-state index < -0.39 is 0 Å². The van der Waals surface area contributed by atoms with E-state index in [-0.39, 0.29) is 24.2 Å². The molecule has 0 N–H and O–H groups in total. The van der Waals surface area contributed by atoms with Crippen LogP contribution in [0.25, 0.3) is 22.0 Å². The molecule has 0 aliphatic heterocycles. The number of fused-ring (bicyclic) bond motifs is 2. The van der Waals surface area contributed by atoms with Crippen LogP contribution in [0, 0.1) is 12.8 Å². The molecule has 0 spiro atoms. The number of aromatic nitrogens is 3. The van der Waals surface area contributed by atoms with Crippen LogP contribution in [0.15, 0.2) is 16.5 Å². The number of oxazole rings is 1. The second-order valence-corrected chi connectivity index (χ2v) is 6.21. The first-order chi connectivity index (χ1) is 11.3. The number of rotatable bonds is 5.